The van der Waals surface area contributed by atoms with Gasteiger partial charge in [-0.15, -0.1) is 0 Å². The summed E-state index contributed by atoms with van der Waals surface area (Å²) in [5.74, 6) is 6.44. The lowest BCUT2D eigenvalue weighted by Gasteiger charge is -2.40. The highest BCUT2D eigenvalue weighted by Crippen LogP contribution is 2.38. The highest BCUT2D eigenvalue weighted by Gasteiger charge is 2.39. The average Bonchev–Trinajstić information content (AvgIpc) is 3.47. The van der Waals surface area contributed by atoms with Gasteiger partial charge in [-0.2, -0.15) is 13.2 Å². The number of carbonyl (C=O) groups is 2. The fraction of sp³-hybridized carbons (Fsp3) is 0.609. The Morgan fingerprint density at radius 2 is 1.56 bits per heavy atom. The lowest BCUT2D eigenvalue weighted by molar-refractivity contribution is -0.140. The van der Waals surface area contributed by atoms with Crippen molar-refractivity contribution in [2.24, 2.45) is 5.92 Å². The number of aliphatic hydroxyl groups excluding tert-OH is 1. The van der Waals surface area contributed by atoms with E-state index in [0.29, 0.717) is 73.8 Å². The summed E-state index contributed by atoms with van der Waals surface area (Å²) in [6, 6.07) is 13.8. The van der Waals surface area contributed by atoms with Crippen molar-refractivity contribution in [1.82, 2.24) is 9.47 Å². The summed E-state index contributed by atoms with van der Waals surface area (Å²) in [5, 5.41) is 13.1. The average molecular weight is 889 g/mol. The van der Waals surface area contributed by atoms with Crippen molar-refractivity contribution in [1.29, 1.82) is 0 Å². The molecule has 0 saturated carbocycles. The number of nitrogens with one attached hydrogen (secondary N) is 1. The fourth-order valence-corrected chi connectivity index (χ4v) is 7.66. The van der Waals surface area contributed by atoms with Gasteiger partial charge in [0.2, 0.25) is 8.32 Å². The maximum Gasteiger partial charge on any atom is 0.415 e. The number of halogens is 3. The Kier molecular flexibility index (Phi) is 16.9. The predicted molar refractivity (Wildman–Crippen MR) is 239 cm³/mol. The molecule has 2 atom stereocenters. The number of rotatable bonds is 15. The Balaban J connectivity index is 1.67. The second-order valence-corrected chi connectivity index (χ2v) is 23.9. The predicted octanol–water partition coefficient (Wildman–Crippen LogP) is 9.83. The van der Waals surface area contributed by atoms with Crippen LogP contribution in [0, 0.1) is 17.8 Å². The zero-order chi connectivity index (χ0) is 46.1. The molecule has 2 amide bonds. The van der Waals surface area contributed by atoms with Crippen molar-refractivity contribution < 1.29 is 51.2 Å². The Bertz CT molecular complexity index is 2020. The molecule has 1 aliphatic heterocycles. The second-order valence-electron chi connectivity index (χ2n) is 19.2. The number of anilines is 2. The third-order valence-electron chi connectivity index (χ3n) is 10.6. The molecule has 62 heavy (non-hydrogen) atoms. The van der Waals surface area contributed by atoms with Gasteiger partial charge in [0.25, 0.3) is 0 Å². The summed E-state index contributed by atoms with van der Waals surface area (Å²) >= 11 is 0. The minimum Gasteiger partial charge on any atom is -0.543 e. The normalized spacial score (nSPS) is 16.4. The fourth-order valence-electron chi connectivity index (χ4n) is 6.64. The topological polar surface area (TPSA) is 124 Å². The molecule has 2 aromatic carbocycles. The van der Waals surface area contributed by atoms with E-state index in [1.165, 1.54) is 4.90 Å². The van der Waals surface area contributed by atoms with Crippen molar-refractivity contribution in [2.75, 3.05) is 62.9 Å². The molecular formula is C46H67F3N4O8Si. The summed E-state index contributed by atoms with van der Waals surface area (Å²) in [5.41, 5.74) is 0.0648. The Hall–Kier alpha value is -4.43. The number of amides is 2. The van der Waals surface area contributed by atoms with Gasteiger partial charge in [-0.25, -0.2) is 9.59 Å². The van der Waals surface area contributed by atoms with Crippen LogP contribution in [0.25, 0.3) is 10.9 Å². The number of alkyl halides is 3. The van der Waals surface area contributed by atoms with Crippen molar-refractivity contribution in [3.8, 4) is 17.6 Å². The first kappa shape index (κ1) is 50.2. The van der Waals surface area contributed by atoms with Gasteiger partial charge in [0.15, 0.2) is 0 Å². The monoisotopic (exact) mass is 888 g/mol. The number of likely N-dealkylation sites (tertiary alicyclic amines) is 1. The van der Waals surface area contributed by atoms with Gasteiger partial charge >= 0.3 is 18.4 Å². The third kappa shape index (κ3) is 15.1. The molecule has 2 unspecified atom stereocenters. The highest BCUT2D eigenvalue weighted by atomic mass is 28.4. The molecule has 2 N–H and O–H groups in total. The second kappa shape index (κ2) is 20.8. The molecule has 3 aromatic rings. The molecule has 1 saturated heterocycles. The minimum absolute atomic E-state index is 0.0723. The molecule has 4 rings (SSSR count). The van der Waals surface area contributed by atoms with Gasteiger partial charge in [-0.1, -0.05) is 38.8 Å². The number of nitrogens with zero attached hydrogens (tertiary/aromatic N) is 3. The number of fused-ring (bicyclic) bond motifs is 1. The van der Waals surface area contributed by atoms with Crippen LogP contribution in [0.1, 0.15) is 80.8 Å². The Labute approximate surface area is 366 Å². The molecule has 16 heteroatoms. The summed E-state index contributed by atoms with van der Waals surface area (Å²) < 4.78 is 72.9. The molecule has 0 spiro atoms. The van der Waals surface area contributed by atoms with E-state index in [9.17, 15) is 22.8 Å². The van der Waals surface area contributed by atoms with E-state index in [2.05, 4.69) is 51.0 Å². The van der Waals surface area contributed by atoms with Gasteiger partial charge in [0.05, 0.1) is 49.9 Å². The smallest absolute Gasteiger partial charge is 0.415 e. The molecule has 2 heterocycles. The SMILES string of the molecule is CC(C)(C)OC(=O)N1CCC(Nc2cccc3c2cc(C#CCN(C(=O)OC(C)(C)C)c2cccc(O[Si](C)(C)C(C)(C)C)c2)n3CC(F)(F)F)C(CCOCCOCCO)C1. The van der Waals surface area contributed by atoms with Gasteiger partial charge < -0.3 is 43.3 Å². The van der Waals surface area contributed by atoms with Crippen LogP contribution >= 0.6 is 0 Å². The van der Waals surface area contributed by atoms with E-state index >= 15 is 0 Å². The van der Waals surface area contributed by atoms with Crippen LogP contribution < -0.4 is 14.6 Å². The van der Waals surface area contributed by atoms with Crippen LogP contribution in [0.15, 0.2) is 48.5 Å². The molecule has 1 fully saturated rings. The first-order chi connectivity index (χ1) is 28.8. The van der Waals surface area contributed by atoms with E-state index in [1.807, 2.05) is 32.9 Å². The lowest BCUT2D eigenvalue weighted by Crippen LogP contribution is -2.50. The Morgan fingerprint density at radius 3 is 2.19 bits per heavy atom. The van der Waals surface area contributed by atoms with E-state index in [-0.39, 0.29) is 42.5 Å². The number of carbonyl (C=O) groups excluding carboxylic acids is 2. The number of aromatic nitrogens is 1. The molecule has 0 radical (unpaired) electrons. The molecule has 344 valence electrons. The zero-order valence-electron chi connectivity index (χ0n) is 38.3. The number of hydrogen-bond acceptors (Lipinski definition) is 9. The first-order valence-electron chi connectivity index (χ1n) is 21.3. The van der Waals surface area contributed by atoms with Crippen LogP contribution in [0.3, 0.4) is 0 Å². The number of benzene rings is 2. The maximum atomic E-state index is 14.2. The van der Waals surface area contributed by atoms with Crippen LogP contribution in [-0.2, 0) is 25.5 Å². The van der Waals surface area contributed by atoms with Gasteiger partial charge in [-0.3, -0.25) is 4.90 Å². The van der Waals surface area contributed by atoms with Crippen LogP contribution in [-0.4, -0.2) is 111 Å². The van der Waals surface area contributed by atoms with E-state index in [1.54, 1.807) is 62.1 Å². The first-order valence-corrected chi connectivity index (χ1v) is 24.2. The van der Waals surface area contributed by atoms with E-state index < -0.39 is 44.4 Å². The summed E-state index contributed by atoms with van der Waals surface area (Å²) in [6.07, 6.45) is -4.49. The van der Waals surface area contributed by atoms with Gasteiger partial charge in [0, 0.05) is 42.9 Å². The summed E-state index contributed by atoms with van der Waals surface area (Å²) in [4.78, 5) is 29.8. The highest BCUT2D eigenvalue weighted by molar-refractivity contribution is 6.74. The maximum absolute atomic E-state index is 14.2. The van der Waals surface area contributed by atoms with Gasteiger partial charge in [0.1, 0.15) is 23.5 Å². The van der Waals surface area contributed by atoms with E-state index in [0.717, 1.165) is 4.57 Å². The molecule has 12 nitrogen and oxygen atoms in total. The van der Waals surface area contributed by atoms with Crippen molar-refractivity contribution >= 4 is 42.8 Å². The van der Waals surface area contributed by atoms with E-state index in [4.69, 9.17) is 28.5 Å². The van der Waals surface area contributed by atoms with Crippen molar-refractivity contribution in [3.05, 3.63) is 54.2 Å². The lowest BCUT2D eigenvalue weighted by atomic mass is 9.89. The summed E-state index contributed by atoms with van der Waals surface area (Å²) in [6.45, 7) is 21.9. The van der Waals surface area contributed by atoms with Crippen LogP contribution in [0.4, 0.5) is 34.1 Å². The Morgan fingerprint density at radius 1 is 0.903 bits per heavy atom. The molecule has 0 bridgehead atoms. The standard InChI is InChI=1S/C46H67F3N4O8Si/c1-43(2,3)59-41(55)51-23-20-38(33(31-51)21-25-57-27-28-58-26-24-54)50-39-18-13-19-40-37(39)30-35(53(40)32-46(47,48)49)16-14-22-52(42(56)60-44(4,5)6)34-15-12-17-36(29-34)61-62(10,11)45(7,8)9/h12-13,15,17-19,29-30,33,38,50,54H,20-28,31-32H2,1-11H3. The number of piperidine rings is 1. The molecule has 1 aromatic heterocycles. The van der Waals surface area contributed by atoms with Crippen molar-refractivity contribution in [3.63, 3.8) is 0 Å². The largest absolute Gasteiger partial charge is 0.543 e. The minimum atomic E-state index is -4.55. The zero-order valence-corrected chi connectivity index (χ0v) is 39.3. The van der Waals surface area contributed by atoms with Gasteiger partial charge in [-0.05, 0) is 115 Å². The molecule has 1 aliphatic rings. The van der Waals surface area contributed by atoms with Crippen LogP contribution in [0.2, 0.25) is 18.1 Å². The molecular weight excluding hydrogens is 822 g/mol. The third-order valence-corrected chi connectivity index (χ3v) is 15.0. The summed E-state index contributed by atoms with van der Waals surface area (Å²) in [7, 11) is -2.23. The molecule has 0 aliphatic carbocycles. The van der Waals surface area contributed by atoms with Crippen LogP contribution in [0.5, 0.6) is 5.75 Å². The number of ether oxygens (including phenoxy) is 4. The quantitative estimate of drug-likeness (QED) is 0.0872. The van der Waals surface area contributed by atoms with Crippen molar-refractivity contribution in [2.45, 2.75) is 123 Å². The number of aliphatic hydroxyl groups is 1. The number of hydrogen-bond donors (Lipinski definition) is 2.